The van der Waals surface area contributed by atoms with Crippen molar-refractivity contribution in [2.24, 2.45) is 0 Å². The van der Waals surface area contributed by atoms with Crippen LogP contribution in [-0.4, -0.2) is 50.8 Å². The molecule has 6 nitrogen and oxygen atoms in total. The second kappa shape index (κ2) is 8.49. The van der Waals surface area contributed by atoms with Crippen molar-refractivity contribution in [1.82, 2.24) is 19.5 Å². The number of nitrogens with zero attached hydrogens (tertiary/aromatic N) is 5. The lowest BCUT2D eigenvalue weighted by atomic mass is 10.0. The highest BCUT2D eigenvalue weighted by molar-refractivity contribution is 7.17. The number of aromatic hydroxyl groups is 1. The Balaban J connectivity index is 1.49. The third-order valence-electron chi connectivity index (χ3n) is 5.77. The highest BCUT2D eigenvalue weighted by Gasteiger charge is 2.32. The van der Waals surface area contributed by atoms with E-state index in [4.69, 9.17) is 11.6 Å². The lowest BCUT2D eigenvalue weighted by Crippen LogP contribution is -2.47. The van der Waals surface area contributed by atoms with Gasteiger partial charge in [-0.3, -0.25) is 4.90 Å². The molecule has 1 atom stereocenters. The molecule has 0 aliphatic carbocycles. The molecule has 1 saturated heterocycles. The van der Waals surface area contributed by atoms with Crippen LogP contribution in [0.2, 0.25) is 5.02 Å². The molecule has 1 N–H and O–H groups in total. The molecule has 1 aliphatic heterocycles. The molecular weight excluding hydrogens is 430 g/mol. The summed E-state index contributed by atoms with van der Waals surface area (Å²) in [6.07, 6.45) is 0.738. The third-order valence-corrected chi connectivity index (χ3v) is 7.08. The van der Waals surface area contributed by atoms with Gasteiger partial charge in [0.15, 0.2) is 5.82 Å². The standard InChI is InChI=1S/C23H24ClN5OS/c1-2-19-25-23-29(26-19)22(30)21(31-23)20(16-7-6-8-17(24)15-16)28-13-11-27(12-14-28)18-9-4-3-5-10-18/h3-10,15,20,30H,2,11-14H2,1H3/t20-/m0/s1. The first-order valence-electron chi connectivity index (χ1n) is 10.5. The third kappa shape index (κ3) is 3.89. The largest absolute Gasteiger partial charge is 0.492 e. The van der Waals surface area contributed by atoms with E-state index in [1.807, 2.05) is 31.2 Å². The minimum Gasteiger partial charge on any atom is -0.492 e. The number of hydrogen-bond acceptors (Lipinski definition) is 6. The van der Waals surface area contributed by atoms with Gasteiger partial charge in [-0.2, -0.15) is 4.52 Å². The minimum absolute atomic E-state index is 0.102. The summed E-state index contributed by atoms with van der Waals surface area (Å²) in [5.74, 6) is 0.909. The van der Waals surface area contributed by atoms with Gasteiger partial charge in [-0.05, 0) is 29.8 Å². The Morgan fingerprint density at radius 3 is 2.52 bits per heavy atom. The van der Waals surface area contributed by atoms with Crippen LogP contribution in [-0.2, 0) is 6.42 Å². The first-order valence-corrected chi connectivity index (χ1v) is 11.7. The molecule has 0 amide bonds. The maximum Gasteiger partial charge on any atom is 0.230 e. The molecular formula is C23H24ClN5OS. The fourth-order valence-electron chi connectivity index (χ4n) is 4.20. The molecule has 3 heterocycles. The van der Waals surface area contributed by atoms with E-state index in [2.05, 4.69) is 50.2 Å². The van der Waals surface area contributed by atoms with Crippen LogP contribution in [0.4, 0.5) is 5.69 Å². The monoisotopic (exact) mass is 453 g/mol. The lowest BCUT2D eigenvalue weighted by molar-refractivity contribution is 0.211. The Labute approximate surface area is 190 Å². The second-order valence-electron chi connectivity index (χ2n) is 7.68. The van der Waals surface area contributed by atoms with Gasteiger partial charge in [0, 0.05) is 43.3 Å². The molecule has 2 aromatic heterocycles. The van der Waals surface area contributed by atoms with Crippen molar-refractivity contribution in [3.05, 3.63) is 75.9 Å². The number of piperazine rings is 1. The van der Waals surface area contributed by atoms with Crippen molar-refractivity contribution < 1.29 is 5.11 Å². The number of benzene rings is 2. The molecule has 8 heteroatoms. The van der Waals surface area contributed by atoms with E-state index in [1.165, 1.54) is 17.0 Å². The van der Waals surface area contributed by atoms with Crippen molar-refractivity contribution in [1.29, 1.82) is 0 Å². The summed E-state index contributed by atoms with van der Waals surface area (Å²) in [6.45, 7) is 5.60. The van der Waals surface area contributed by atoms with Crippen LogP contribution in [0, 0.1) is 0 Å². The average Bonchev–Trinajstić information content (AvgIpc) is 3.34. The SMILES string of the molecule is CCc1nc2sc([C@H](c3cccc(Cl)c3)N3CCN(c4ccccc4)CC3)c(O)n2n1. The molecule has 1 fully saturated rings. The summed E-state index contributed by atoms with van der Waals surface area (Å²) in [5, 5.41) is 16.2. The van der Waals surface area contributed by atoms with E-state index in [-0.39, 0.29) is 11.9 Å². The minimum atomic E-state index is -0.102. The van der Waals surface area contributed by atoms with Crippen molar-refractivity contribution in [3.8, 4) is 5.88 Å². The highest BCUT2D eigenvalue weighted by Crippen LogP contribution is 2.41. The molecule has 2 aromatic carbocycles. The Morgan fingerprint density at radius 2 is 1.84 bits per heavy atom. The van der Waals surface area contributed by atoms with Crippen LogP contribution in [0.25, 0.3) is 4.96 Å². The zero-order chi connectivity index (χ0) is 21.4. The van der Waals surface area contributed by atoms with E-state index >= 15 is 0 Å². The predicted molar refractivity (Wildman–Crippen MR) is 125 cm³/mol. The maximum atomic E-state index is 11.1. The number of aryl methyl sites for hydroxylation is 1. The van der Waals surface area contributed by atoms with Crippen molar-refractivity contribution in [3.63, 3.8) is 0 Å². The van der Waals surface area contributed by atoms with E-state index in [1.54, 1.807) is 4.52 Å². The summed E-state index contributed by atoms with van der Waals surface area (Å²) in [6, 6.07) is 18.3. The molecule has 0 unspecified atom stereocenters. The molecule has 0 radical (unpaired) electrons. The van der Waals surface area contributed by atoms with E-state index < -0.39 is 0 Å². The smallest absolute Gasteiger partial charge is 0.230 e. The van der Waals surface area contributed by atoms with Gasteiger partial charge >= 0.3 is 0 Å². The quantitative estimate of drug-likeness (QED) is 0.477. The highest BCUT2D eigenvalue weighted by atomic mass is 35.5. The number of aromatic nitrogens is 3. The number of hydrogen-bond donors (Lipinski definition) is 1. The number of para-hydroxylation sites is 1. The number of rotatable bonds is 5. The van der Waals surface area contributed by atoms with E-state index in [0.717, 1.165) is 53.8 Å². The summed E-state index contributed by atoms with van der Waals surface area (Å²) >= 11 is 7.84. The van der Waals surface area contributed by atoms with Crippen LogP contribution in [0.3, 0.4) is 0 Å². The fraction of sp³-hybridized carbons (Fsp3) is 0.304. The van der Waals surface area contributed by atoms with Crippen LogP contribution in [0.5, 0.6) is 5.88 Å². The Kier molecular flexibility index (Phi) is 5.56. The van der Waals surface area contributed by atoms with Crippen molar-refractivity contribution >= 4 is 33.6 Å². The molecule has 4 aromatic rings. The first kappa shape index (κ1) is 20.3. The van der Waals surface area contributed by atoms with Crippen molar-refractivity contribution in [2.45, 2.75) is 19.4 Å². The van der Waals surface area contributed by atoms with Gasteiger partial charge in [-0.25, -0.2) is 4.98 Å². The van der Waals surface area contributed by atoms with Gasteiger partial charge in [-0.15, -0.1) is 5.10 Å². The zero-order valence-corrected chi connectivity index (χ0v) is 18.9. The normalized spacial score (nSPS) is 16.1. The van der Waals surface area contributed by atoms with Gasteiger partial charge in [0.2, 0.25) is 10.8 Å². The van der Waals surface area contributed by atoms with Gasteiger partial charge in [0.05, 0.1) is 10.9 Å². The Hall–Kier alpha value is -2.61. The number of fused-ring (bicyclic) bond motifs is 1. The molecule has 0 bridgehead atoms. The van der Waals surface area contributed by atoms with Gasteiger partial charge in [-0.1, -0.05) is 60.2 Å². The number of thiazole rings is 1. The maximum absolute atomic E-state index is 11.1. The summed E-state index contributed by atoms with van der Waals surface area (Å²) < 4.78 is 1.57. The molecule has 0 saturated carbocycles. The Bertz CT molecular complexity index is 1180. The van der Waals surface area contributed by atoms with Crippen LogP contribution < -0.4 is 4.90 Å². The van der Waals surface area contributed by atoms with Crippen LogP contribution in [0.1, 0.15) is 29.2 Å². The molecule has 1 aliphatic rings. The first-order chi connectivity index (χ1) is 15.1. The average molecular weight is 454 g/mol. The molecule has 0 spiro atoms. The van der Waals surface area contributed by atoms with Gasteiger partial charge in [0.25, 0.3) is 0 Å². The molecule has 160 valence electrons. The van der Waals surface area contributed by atoms with E-state index in [0.29, 0.717) is 5.02 Å². The van der Waals surface area contributed by atoms with Gasteiger partial charge < -0.3 is 10.0 Å². The van der Waals surface area contributed by atoms with Gasteiger partial charge in [0.1, 0.15) is 0 Å². The molecule has 31 heavy (non-hydrogen) atoms. The number of halogens is 1. The fourth-order valence-corrected chi connectivity index (χ4v) is 5.54. The summed E-state index contributed by atoms with van der Waals surface area (Å²) in [7, 11) is 0. The zero-order valence-electron chi connectivity index (χ0n) is 17.3. The van der Waals surface area contributed by atoms with Crippen LogP contribution >= 0.6 is 22.9 Å². The van der Waals surface area contributed by atoms with E-state index in [9.17, 15) is 5.11 Å². The topological polar surface area (TPSA) is 56.9 Å². The second-order valence-corrected chi connectivity index (χ2v) is 9.13. The Morgan fingerprint density at radius 1 is 1.06 bits per heavy atom. The number of anilines is 1. The predicted octanol–water partition coefficient (Wildman–Crippen LogP) is 4.62. The summed E-state index contributed by atoms with van der Waals surface area (Å²) in [5.41, 5.74) is 2.31. The lowest BCUT2D eigenvalue weighted by Gasteiger charge is -2.40. The van der Waals surface area contributed by atoms with Crippen LogP contribution in [0.15, 0.2) is 54.6 Å². The molecule has 5 rings (SSSR count). The summed E-state index contributed by atoms with van der Waals surface area (Å²) in [4.78, 5) is 11.0. The van der Waals surface area contributed by atoms with Crippen molar-refractivity contribution in [2.75, 3.05) is 31.1 Å².